The minimum absolute atomic E-state index is 0.220. The number of nitrogens with zero attached hydrogens (tertiary/aromatic N) is 4. The van der Waals surface area contributed by atoms with E-state index in [9.17, 15) is 4.79 Å². The summed E-state index contributed by atoms with van der Waals surface area (Å²) >= 11 is 0. The second kappa shape index (κ2) is 4.40. The smallest absolute Gasteiger partial charge is 0.348 e. The first kappa shape index (κ1) is 11.7. The number of anilines is 1. The molecule has 98 valence electrons. The molecule has 3 N–H and O–H groups in total. The Labute approximate surface area is 112 Å². The molecular formula is C12H8N6O2. The summed E-state index contributed by atoms with van der Waals surface area (Å²) in [5.41, 5.74) is 6.35. The van der Waals surface area contributed by atoms with Crippen LogP contribution in [0.3, 0.4) is 0 Å². The molecular weight excluding hydrogens is 260 g/mol. The van der Waals surface area contributed by atoms with E-state index in [-0.39, 0.29) is 11.6 Å². The topological polar surface area (TPSA) is 122 Å². The number of hydrogen-bond acceptors (Lipinski definition) is 6. The zero-order chi connectivity index (χ0) is 14.1. The van der Waals surface area contributed by atoms with Crippen molar-refractivity contribution in [1.29, 1.82) is 5.26 Å². The lowest BCUT2D eigenvalue weighted by Gasteiger charge is -2.06. The maximum atomic E-state index is 11.3. The second-order valence-corrected chi connectivity index (χ2v) is 3.95. The van der Waals surface area contributed by atoms with E-state index in [4.69, 9.17) is 15.7 Å². The van der Waals surface area contributed by atoms with Gasteiger partial charge in [-0.25, -0.2) is 19.3 Å². The van der Waals surface area contributed by atoms with E-state index in [0.717, 1.165) is 0 Å². The molecule has 0 saturated carbocycles. The lowest BCUT2D eigenvalue weighted by Crippen LogP contribution is -2.09. The molecule has 2 heterocycles. The number of nitriles is 1. The van der Waals surface area contributed by atoms with Crippen molar-refractivity contribution in [2.24, 2.45) is 0 Å². The molecule has 20 heavy (non-hydrogen) atoms. The third-order valence-corrected chi connectivity index (χ3v) is 2.62. The Bertz CT molecular complexity index is 889. The first-order valence-corrected chi connectivity index (χ1v) is 5.57. The van der Waals surface area contributed by atoms with Gasteiger partial charge in [-0.3, -0.25) is 0 Å². The minimum Gasteiger partial charge on any atom is -0.437 e. The standard InChI is InChI=1S/C12H8N6O2/c13-5-7-3-8(14)1-2-9(7)20-11-4-10-16-17-12(19)18(10)6-15-11/h1-4,6H,14H2,(H,17,19). The van der Waals surface area contributed by atoms with Crippen LogP contribution in [-0.4, -0.2) is 19.6 Å². The molecule has 3 rings (SSSR count). The Balaban J connectivity index is 2.01. The number of benzene rings is 1. The van der Waals surface area contributed by atoms with Gasteiger partial charge >= 0.3 is 5.69 Å². The van der Waals surface area contributed by atoms with Crippen LogP contribution >= 0.6 is 0 Å². The van der Waals surface area contributed by atoms with Crippen LogP contribution in [-0.2, 0) is 0 Å². The van der Waals surface area contributed by atoms with Crippen LogP contribution in [0.5, 0.6) is 11.6 Å². The predicted molar refractivity (Wildman–Crippen MR) is 69.3 cm³/mol. The van der Waals surface area contributed by atoms with Crippen LogP contribution in [0.1, 0.15) is 5.56 Å². The zero-order valence-corrected chi connectivity index (χ0v) is 10.1. The van der Waals surface area contributed by atoms with Crippen molar-refractivity contribution in [3.8, 4) is 17.7 Å². The Morgan fingerprint density at radius 1 is 1.40 bits per heavy atom. The van der Waals surface area contributed by atoms with Gasteiger partial charge in [0, 0.05) is 11.8 Å². The highest BCUT2D eigenvalue weighted by Gasteiger charge is 2.08. The zero-order valence-electron chi connectivity index (χ0n) is 10.1. The molecule has 0 saturated heterocycles. The maximum absolute atomic E-state index is 11.3. The molecule has 0 aliphatic heterocycles. The van der Waals surface area contributed by atoms with Gasteiger partial charge in [0.05, 0.1) is 5.56 Å². The number of aromatic nitrogens is 4. The number of nitrogen functional groups attached to an aromatic ring is 1. The largest absolute Gasteiger partial charge is 0.437 e. The van der Waals surface area contributed by atoms with Crippen LogP contribution < -0.4 is 16.2 Å². The van der Waals surface area contributed by atoms with Crippen molar-refractivity contribution in [2.45, 2.75) is 0 Å². The molecule has 0 unspecified atom stereocenters. The monoisotopic (exact) mass is 268 g/mol. The van der Waals surface area contributed by atoms with E-state index in [0.29, 0.717) is 22.6 Å². The van der Waals surface area contributed by atoms with Gasteiger partial charge in [-0.2, -0.15) is 10.4 Å². The van der Waals surface area contributed by atoms with E-state index in [2.05, 4.69) is 15.2 Å². The van der Waals surface area contributed by atoms with Crippen LogP contribution in [0.25, 0.3) is 5.65 Å². The third kappa shape index (κ3) is 1.93. The summed E-state index contributed by atoms with van der Waals surface area (Å²) in [7, 11) is 0. The Hall–Kier alpha value is -3.34. The lowest BCUT2D eigenvalue weighted by molar-refractivity contribution is 0.460. The number of rotatable bonds is 2. The SMILES string of the molecule is N#Cc1cc(N)ccc1Oc1cc2n[nH]c(=O)n2cn1. The second-order valence-electron chi connectivity index (χ2n) is 3.95. The molecule has 0 bridgehead atoms. The van der Waals surface area contributed by atoms with E-state index in [1.165, 1.54) is 22.9 Å². The average Bonchev–Trinajstić information content (AvgIpc) is 2.82. The number of nitrogens with one attached hydrogen (secondary N) is 1. The van der Waals surface area contributed by atoms with Crippen molar-refractivity contribution in [2.75, 3.05) is 5.73 Å². The third-order valence-electron chi connectivity index (χ3n) is 2.62. The van der Waals surface area contributed by atoms with E-state index in [1.54, 1.807) is 12.1 Å². The van der Waals surface area contributed by atoms with Gasteiger partial charge in [0.1, 0.15) is 18.1 Å². The molecule has 2 aromatic heterocycles. The summed E-state index contributed by atoms with van der Waals surface area (Å²) in [6.45, 7) is 0. The first-order chi connectivity index (χ1) is 9.67. The Morgan fingerprint density at radius 2 is 2.25 bits per heavy atom. The predicted octanol–water partition coefficient (Wildman–Crippen LogP) is 0.664. The molecule has 1 aromatic carbocycles. The maximum Gasteiger partial charge on any atom is 0.348 e. The van der Waals surface area contributed by atoms with Crippen molar-refractivity contribution in [3.05, 3.63) is 46.6 Å². The Morgan fingerprint density at radius 3 is 3.05 bits per heavy atom. The van der Waals surface area contributed by atoms with Gasteiger partial charge in [0.2, 0.25) is 5.88 Å². The summed E-state index contributed by atoms with van der Waals surface area (Å²) in [6, 6.07) is 8.18. The van der Waals surface area contributed by atoms with Gasteiger partial charge in [-0.1, -0.05) is 0 Å². The van der Waals surface area contributed by atoms with Crippen molar-refractivity contribution in [3.63, 3.8) is 0 Å². The van der Waals surface area contributed by atoms with Gasteiger partial charge in [-0.15, -0.1) is 0 Å². The van der Waals surface area contributed by atoms with E-state index in [1.807, 2.05) is 6.07 Å². The fourth-order valence-electron chi connectivity index (χ4n) is 1.69. The molecule has 0 amide bonds. The summed E-state index contributed by atoms with van der Waals surface area (Å²) in [6.07, 6.45) is 1.29. The number of nitrogens with two attached hydrogens (primary N) is 1. The van der Waals surface area contributed by atoms with Gasteiger partial charge < -0.3 is 10.5 Å². The number of ether oxygens (including phenoxy) is 1. The average molecular weight is 268 g/mol. The number of hydrogen-bond donors (Lipinski definition) is 2. The number of H-pyrrole nitrogens is 1. The van der Waals surface area contributed by atoms with Crippen LogP contribution in [0, 0.1) is 11.3 Å². The molecule has 0 aliphatic carbocycles. The molecule has 0 radical (unpaired) electrons. The van der Waals surface area contributed by atoms with Gasteiger partial charge in [-0.05, 0) is 18.2 Å². The highest BCUT2D eigenvalue weighted by Crippen LogP contribution is 2.25. The molecule has 0 atom stereocenters. The quantitative estimate of drug-likeness (QED) is 0.658. The molecule has 8 heteroatoms. The molecule has 8 nitrogen and oxygen atoms in total. The fraction of sp³-hybridized carbons (Fsp3) is 0. The molecule has 0 aliphatic rings. The first-order valence-electron chi connectivity index (χ1n) is 5.57. The lowest BCUT2D eigenvalue weighted by atomic mass is 10.2. The number of aromatic amines is 1. The highest BCUT2D eigenvalue weighted by molar-refractivity contribution is 5.54. The van der Waals surface area contributed by atoms with Gasteiger partial charge in [0.25, 0.3) is 0 Å². The normalized spacial score (nSPS) is 10.3. The van der Waals surface area contributed by atoms with Crippen molar-refractivity contribution >= 4 is 11.3 Å². The van der Waals surface area contributed by atoms with Crippen LogP contribution in [0.15, 0.2) is 35.4 Å². The Kier molecular flexibility index (Phi) is 2.58. The van der Waals surface area contributed by atoms with Crippen molar-refractivity contribution in [1.82, 2.24) is 19.6 Å². The van der Waals surface area contributed by atoms with E-state index >= 15 is 0 Å². The minimum atomic E-state index is -0.385. The van der Waals surface area contributed by atoms with Gasteiger partial charge in [0.15, 0.2) is 5.65 Å². The highest BCUT2D eigenvalue weighted by atomic mass is 16.5. The molecule has 0 spiro atoms. The van der Waals surface area contributed by atoms with Crippen LogP contribution in [0.2, 0.25) is 0 Å². The molecule has 0 fully saturated rings. The summed E-state index contributed by atoms with van der Waals surface area (Å²) in [5.74, 6) is 0.550. The summed E-state index contributed by atoms with van der Waals surface area (Å²) < 4.78 is 6.75. The summed E-state index contributed by atoms with van der Waals surface area (Å²) in [4.78, 5) is 15.3. The number of fused-ring (bicyclic) bond motifs is 1. The van der Waals surface area contributed by atoms with Crippen LogP contribution in [0.4, 0.5) is 5.69 Å². The molecule has 3 aromatic rings. The van der Waals surface area contributed by atoms with E-state index < -0.39 is 0 Å². The van der Waals surface area contributed by atoms with Crippen molar-refractivity contribution < 1.29 is 4.74 Å². The summed E-state index contributed by atoms with van der Waals surface area (Å²) in [5, 5.41) is 15.1. The fourth-order valence-corrected chi connectivity index (χ4v) is 1.69.